The van der Waals surface area contributed by atoms with Gasteiger partial charge in [-0.25, -0.2) is 13.1 Å². The zero-order chi connectivity index (χ0) is 20.1. The molecule has 2 aromatic carbocycles. The van der Waals surface area contributed by atoms with Crippen LogP contribution in [0.3, 0.4) is 0 Å². The van der Waals surface area contributed by atoms with Gasteiger partial charge < -0.3 is 5.32 Å². The standard InChI is InChI=1S/C21H22N2O3S2/c1-15(17-8-10-19(11-9-17)18-6-4-3-5-7-18)23-28(25,26)21-13-12-20(27-21)14-22-16(2)24/h3-13,15,23H,14H2,1-2H3,(H,22,24)/t15-/m0/s1. The Hall–Kier alpha value is -2.48. The number of thiophene rings is 1. The minimum absolute atomic E-state index is 0.150. The number of rotatable bonds is 7. The van der Waals surface area contributed by atoms with Crippen molar-refractivity contribution in [2.75, 3.05) is 0 Å². The number of amides is 1. The second kappa shape index (κ2) is 8.68. The van der Waals surface area contributed by atoms with Gasteiger partial charge in [0.1, 0.15) is 4.21 Å². The highest BCUT2D eigenvalue weighted by Crippen LogP contribution is 2.25. The summed E-state index contributed by atoms with van der Waals surface area (Å²) >= 11 is 1.15. The maximum Gasteiger partial charge on any atom is 0.250 e. The van der Waals surface area contributed by atoms with E-state index in [2.05, 4.69) is 10.0 Å². The number of hydrogen-bond donors (Lipinski definition) is 2. The molecule has 0 saturated carbocycles. The maximum absolute atomic E-state index is 12.7. The normalized spacial score (nSPS) is 12.5. The van der Waals surface area contributed by atoms with Crippen molar-refractivity contribution in [2.24, 2.45) is 0 Å². The molecular formula is C21H22N2O3S2. The second-order valence-electron chi connectivity index (χ2n) is 6.46. The molecule has 1 heterocycles. The molecule has 2 N–H and O–H groups in total. The van der Waals surface area contributed by atoms with Gasteiger partial charge in [0.2, 0.25) is 5.91 Å². The van der Waals surface area contributed by atoms with E-state index in [0.717, 1.165) is 32.9 Å². The highest BCUT2D eigenvalue weighted by Gasteiger charge is 2.20. The van der Waals surface area contributed by atoms with E-state index in [1.165, 1.54) is 6.92 Å². The Morgan fingerprint density at radius 1 is 0.964 bits per heavy atom. The third-order valence-corrected chi connectivity index (χ3v) is 7.38. The van der Waals surface area contributed by atoms with E-state index in [9.17, 15) is 13.2 Å². The van der Waals surface area contributed by atoms with Gasteiger partial charge in [-0.05, 0) is 35.7 Å². The average Bonchev–Trinajstić information content (AvgIpc) is 3.17. The number of sulfonamides is 1. The summed E-state index contributed by atoms with van der Waals surface area (Å²) in [5.41, 5.74) is 3.09. The smallest absolute Gasteiger partial charge is 0.250 e. The van der Waals surface area contributed by atoms with Crippen LogP contribution >= 0.6 is 11.3 Å². The van der Waals surface area contributed by atoms with Gasteiger partial charge in [0.15, 0.2) is 0 Å². The Morgan fingerprint density at radius 3 is 2.25 bits per heavy atom. The van der Waals surface area contributed by atoms with Crippen molar-refractivity contribution in [3.63, 3.8) is 0 Å². The number of nitrogens with one attached hydrogen (secondary N) is 2. The first-order chi connectivity index (χ1) is 13.3. The molecule has 28 heavy (non-hydrogen) atoms. The van der Waals surface area contributed by atoms with Crippen LogP contribution in [0.1, 0.15) is 30.3 Å². The molecule has 0 radical (unpaired) electrons. The molecule has 1 aromatic heterocycles. The van der Waals surface area contributed by atoms with Crippen molar-refractivity contribution in [2.45, 2.75) is 30.6 Å². The van der Waals surface area contributed by atoms with Gasteiger partial charge >= 0.3 is 0 Å². The summed E-state index contributed by atoms with van der Waals surface area (Å²) in [4.78, 5) is 11.8. The number of hydrogen-bond acceptors (Lipinski definition) is 4. The molecule has 5 nitrogen and oxygen atoms in total. The van der Waals surface area contributed by atoms with Crippen molar-refractivity contribution in [1.82, 2.24) is 10.0 Å². The third kappa shape index (κ3) is 5.07. The Morgan fingerprint density at radius 2 is 1.61 bits per heavy atom. The van der Waals surface area contributed by atoms with Crippen LogP contribution in [0.15, 0.2) is 70.9 Å². The second-order valence-corrected chi connectivity index (χ2v) is 9.57. The van der Waals surface area contributed by atoms with Crippen LogP contribution in [-0.2, 0) is 21.4 Å². The highest BCUT2D eigenvalue weighted by atomic mass is 32.2. The molecule has 0 aliphatic rings. The van der Waals surface area contributed by atoms with Gasteiger partial charge in [0.25, 0.3) is 10.0 Å². The lowest BCUT2D eigenvalue weighted by atomic mass is 10.0. The monoisotopic (exact) mass is 414 g/mol. The molecule has 0 unspecified atom stereocenters. The van der Waals surface area contributed by atoms with Gasteiger partial charge in [-0.3, -0.25) is 4.79 Å². The first-order valence-corrected chi connectivity index (χ1v) is 11.2. The molecule has 3 aromatic rings. The molecule has 146 valence electrons. The molecule has 0 aliphatic carbocycles. The molecule has 0 fully saturated rings. The predicted molar refractivity (Wildman–Crippen MR) is 112 cm³/mol. The number of carbonyl (C=O) groups excluding carboxylic acids is 1. The fourth-order valence-corrected chi connectivity index (χ4v) is 5.31. The lowest BCUT2D eigenvalue weighted by Gasteiger charge is -2.14. The van der Waals surface area contributed by atoms with E-state index in [0.29, 0.717) is 6.54 Å². The van der Waals surface area contributed by atoms with Crippen LogP contribution in [0.2, 0.25) is 0 Å². The molecule has 0 saturated heterocycles. The highest BCUT2D eigenvalue weighted by molar-refractivity contribution is 7.91. The van der Waals surface area contributed by atoms with E-state index >= 15 is 0 Å². The summed E-state index contributed by atoms with van der Waals surface area (Å²) < 4.78 is 28.3. The molecule has 0 spiro atoms. The number of benzene rings is 2. The van der Waals surface area contributed by atoms with Crippen molar-refractivity contribution in [1.29, 1.82) is 0 Å². The van der Waals surface area contributed by atoms with Crippen LogP contribution in [0, 0.1) is 0 Å². The Kier molecular flexibility index (Phi) is 6.28. The lowest BCUT2D eigenvalue weighted by Crippen LogP contribution is -2.26. The van der Waals surface area contributed by atoms with Crippen LogP contribution in [-0.4, -0.2) is 14.3 Å². The van der Waals surface area contributed by atoms with Gasteiger partial charge in [-0.2, -0.15) is 0 Å². The van der Waals surface area contributed by atoms with Gasteiger partial charge in [0, 0.05) is 17.8 Å². The summed E-state index contributed by atoms with van der Waals surface area (Å²) in [6.07, 6.45) is 0. The molecule has 1 atom stereocenters. The first-order valence-electron chi connectivity index (χ1n) is 8.86. The van der Waals surface area contributed by atoms with Crippen LogP contribution in [0.25, 0.3) is 11.1 Å². The van der Waals surface area contributed by atoms with E-state index in [1.54, 1.807) is 12.1 Å². The van der Waals surface area contributed by atoms with Crippen molar-refractivity contribution < 1.29 is 13.2 Å². The predicted octanol–water partition coefficient (Wildman–Crippen LogP) is 4.09. The summed E-state index contributed by atoms with van der Waals surface area (Å²) in [7, 11) is -3.63. The van der Waals surface area contributed by atoms with Gasteiger partial charge in [-0.1, -0.05) is 54.6 Å². The molecule has 7 heteroatoms. The summed E-state index contributed by atoms with van der Waals surface area (Å²) in [6, 6.07) is 20.8. The fraction of sp³-hybridized carbons (Fsp3) is 0.190. The lowest BCUT2D eigenvalue weighted by molar-refractivity contribution is -0.119. The van der Waals surface area contributed by atoms with Crippen molar-refractivity contribution in [3.8, 4) is 11.1 Å². The molecule has 3 rings (SSSR count). The summed E-state index contributed by atoms with van der Waals surface area (Å²) in [6.45, 7) is 3.57. The maximum atomic E-state index is 12.7. The van der Waals surface area contributed by atoms with Crippen LogP contribution in [0.4, 0.5) is 0 Å². The van der Waals surface area contributed by atoms with E-state index < -0.39 is 10.0 Å². The Balaban J connectivity index is 1.69. The van der Waals surface area contributed by atoms with Gasteiger partial charge in [-0.15, -0.1) is 11.3 Å². The van der Waals surface area contributed by atoms with E-state index in [1.807, 2.05) is 61.5 Å². The van der Waals surface area contributed by atoms with Crippen LogP contribution < -0.4 is 10.0 Å². The fourth-order valence-electron chi connectivity index (χ4n) is 2.76. The Bertz CT molecular complexity index is 1040. The average molecular weight is 415 g/mol. The largest absolute Gasteiger partial charge is 0.351 e. The Labute approximate surface area is 169 Å². The van der Waals surface area contributed by atoms with Crippen molar-refractivity contribution >= 4 is 27.3 Å². The zero-order valence-electron chi connectivity index (χ0n) is 15.7. The minimum Gasteiger partial charge on any atom is -0.351 e. The van der Waals surface area contributed by atoms with Crippen molar-refractivity contribution in [3.05, 3.63) is 77.2 Å². The van der Waals surface area contributed by atoms with E-state index in [-0.39, 0.29) is 16.2 Å². The summed E-state index contributed by atoms with van der Waals surface area (Å²) in [5, 5.41) is 2.67. The minimum atomic E-state index is -3.63. The molecule has 0 aliphatic heterocycles. The summed E-state index contributed by atoms with van der Waals surface area (Å²) in [5.74, 6) is -0.150. The molecule has 1 amide bonds. The van der Waals surface area contributed by atoms with Gasteiger partial charge in [0.05, 0.1) is 6.54 Å². The van der Waals surface area contributed by atoms with Crippen LogP contribution in [0.5, 0.6) is 0 Å². The SMILES string of the molecule is CC(=O)NCc1ccc(S(=O)(=O)N[C@@H](C)c2ccc(-c3ccccc3)cc2)s1. The molecule has 0 bridgehead atoms. The topological polar surface area (TPSA) is 75.3 Å². The molecular weight excluding hydrogens is 392 g/mol. The number of carbonyl (C=O) groups is 1. The van der Waals surface area contributed by atoms with E-state index in [4.69, 9.17) is 0 Å². The zero-order valence-corrected chi connectivity index (χ0v) is 17.3. The third-order valence-electron chi connectivity index (χ3n) is 4.26. The first kappa shape index (κ1) is 20.3. The quantitative estimate of drug-likeness (QED) is 0.611.